The van der Waals surface area contributed by atoms with Crippen molar-refractivity contribution in [3.05, 3.63) is 52.9 Å². The lowest BCUT2D eigenvalue weighted by atomic mass is 10.2. The summed E-state index contributed by atoms with van der Waals surface area (Å²) in [4.78, 5) is 8.54. The van der Waals surface area contributed by atoms with Gasteiger partial charge in [0, 0.05) is 23.3 Å². The van der Waals surface area contributed by atoms with Gasteiger partial charge in [0.1, 0.15) is 6.61 Å². The van der Waals surface area contributed by atoms with Crippen molar-refractivity contribution in [3.8, 4) is 5.88 Å². The third-order valence-corrected chi connectivity index (χ3v) is 3.10. The highest BCUT2D eigenvalue weighted by Crippen LogP contribution is 2.17. The minimum absolute atomic E-state index is 0.389. The fourth-order valence-electron chi connectivity index (χ4n) is 1.70. The average molecular weight is 292 g/mol. The quantitative estimate of drug-likeness (QED) is 0.796. The number of nitrogens with one attached hydrogen (secondary N) is 1. The maximum absolute atomic E-state index is 6.08. The first-order chi connectivity index (χ1) is 9.79. The zero-order chi connectivity index (χ0) is 14.2. The minimum Gasteiger partial charge on any atom is -0.472 e. The van der Waals surface area contributed by atoms with Crippen molar-refractivity contribution in [2.24, 2.45) is 0 Å². The molecule has 1 N–H and O–H groups in total. The van der Waals surface area contributed by atoms with Gasteiger partial charge in [-0.05, 0) is 19.0 Å². The highest BCUT2D eigenvalue weighted by Gasteiger charge is 2.03. The summed E-state index contributed by atoms with van der Waals surface area (Å²) in [7, 11) is 0. The fraction of sp³-hybridized carbons (Fsp3) is 0.333. The molecule has 2 rings (SSSR count). The van der Waals surface area contributed by atoms with Gasteiger partial charge in [-0.15, -0.1) is 0 Å². The van der Waals surface area contributed by atoms with Crippen molar-refractivity contribution in [2.45, 2.75) is 26.5 Å². The van der Waals surface area contributed by atoms with Crippen molar-refractivity contribution in [1.82, 2.24) is 15.3 Å². The van der Waals surface area contributed by atoms with Crippen molar-refractivity contribution < 1.29 is 4.74 Å². The minimum atomic E-state index is 0.389. The van der Waals surface area contributed by atoms with Crippen molar-refractivity contribution in [2.75, 3.05) is 6.54 Å². The van der Waals surface area contributed by atoms with Gasteiger partial charge in [-0.25, -0.2) is 4.98 Å². The molecule has 0 spiro atoms. The first-order valence-electron chi connectivity index (χ1n) is 6.67. The SMILES string of the molecule is CCCNCc1cncc(OCc2ccccc2Cl)n1. The molecular weight excluding hydrogens is 274 g/mol. The summed E-state index contributed by atoms with van der Waals surface area (Å²) in [6, 6.07) is 7.60. The van der Waals surface area contributed by atoms with E-state index in [0.717, 1.165) is 24.2 Å². The lowest BCUT2D eigenvalue weighted by Crippen LogP contribution is -2.15. The van der Waals surface area contributed by atoms with Gasteiger partial charge < -0.3 is 10.1 Å². The standard InChI is InChI=1S/C15H18ClN3O/c1-2-7-17-8-13-9-18-10-15(19-13)20-11-12-5-3-4-6-14(12)16/h3-6,9-10,17H,2,7-8,11H2,1H3. The molecule has 0 saturated carbocycles. The Morgan fingerprint density at radius 3 is 2.90 bits per heavy atom. The second kappa shape index (κ2) is 7.82. The summed E-state index contributed by atoms with van der Waals surface area (Å²) < 4.78 is 5.63. The molecule has 0 unspecified atom stereocenters. The molecule has 0 bridgehead atoms. The van der Waals surface area contributed by atoms with Gasteiger partial charge in [-0.2, -0.15) is 0 Å². The summed E-state index contributed by atoms with van der Waals surface area (Å²) in [5.74, 6) is 0.515. The molecule has 2 aromatic rings. The van der Waals surface area contributed by atoms with Gasteiger partial charge in [0.15, 0.2) is 0 Å². The second-order valence-corrected chi connectivity index (χ2v) is 4.81. The predicted octanol–water partition coefficient (Wildman–Crippen LogP) is 3.21. The van der Waals surface area contributed by atoms with Crippen LogP contribution in [0.5, 0.6) is 5.88 Å². The Morgan fingerprint density at radius 1 is 1.25 bits per heavy atom. The number of rotatable bonds is 7. The highest BCUT2D eigenvalue weighted by atomic mass is 35.5. The summed E-state index contributed by atoms with van der Waals surface area (Å²) in [5.41, 5.74) is 1.81. The lowest BCUT2D eigenvalue weighted by Gasteiger charge is -2.08. The molecule has 0 saturated heterocycles. The van der Waals surface area contributed by atoms with Crippen LogP contribution < -0.4 is 10.1 Å². The topological polar surface area (TPSA) is 47.0 Å². The predicted molar refractivity (Wildman–Crippen MR) is 79.8 cm³/mol. The third-order valence-electron chi connectivity index (χ3n) is 2.73. The number of aromatic nitrogens is 2. The molecular formula is C15H18ClN3O. The first-order valence-corrected chi connectivity index (χ1v) is 7.05. The van der Waals surface area contributed by atoms with Crippen molar-refractivity contribution in [1.29, 1.82) is 0 Å². The Morgan fingerprint density at radius 2 is 2.10 bits per heavy atom. The molecule has 0 aliphatic rings. The number of hydrogen-bond donors (Lipinski definition) is 1. The molecule has 1 aromatic carbocycles. The molecule has 5 heteroatoms. The van der Waals surface area contributed by atoms with Gasteiger partial charge in [0.25, 0.3) is 0 Å². The van der Waals surface area contributed by atoms with E-state index >= 15 is 0 Å². The molecule has 1 heterocycles. The van der Waals surface area contributed by atoms with Crippen LogP contribution in [0.25, 0.3) is 0 Å². The Kier molecular flexibility index (Phi) is 5.77. The molecule has 0 atom stereocenters. The Balaban J connectivity index is 1.93. The molecule has 0 aliphatic carbocycles. The van der Waals surface area contributed by atoms with E-state index in [4.69, 9.17) is 16.3 Å². The van der Waals surface area contributed by atoms with Gasteiger partial charge >= 0.3 is 0 Å². The number of ether oxygens (including phenoxy) is 1. The summed E-state index contributed by atoms with van der Waals surface area (Å²) >= 11 is 6.08. The van der Waals surface area contributed by atoms with Gasteiger partial charge in [0.2, 0.25) is 5.88 Å². The smallest absolute Gasteiger partial charge is 0.232 e. The van der Waals surface area contributed by atoms with E-state index in [2.05, 4.69) is 22.2 Å². The van der Waals surface area contributed by atoms with E-state index in [0.29, 0.717) is 24.1 Å². The average Bonchev–Trinajstić information content (AvgIpc) is 2.47. The van der Waals surface area contributed by atoms with Crippen LogP contribution >= 0.6 is 11.6 Å². The monoisotopic (exact) mass is 291 g/mol. The van der Waals surface area contributed by atoms with Crippen molar-refractivity contribution in [3.63, 3.8) is 0 Å². The van der Waals surface area contributed by atoms with Crippen LogP contribution in [0.1, 0.15) is 24.6 Å². The maximum Gasteiger partial charge on any atom is 0.232 e. The molecule has 0 aliphatic heterocycles. The van der Waals surface area contributed by atoms with Crippen LogP contribution in [-0.4, -0.2) is 16.5 Å². The van der Waals surface area contributed by atoms with E-state index < -0.39 is 0 Å². The maximum atomic E-state index is 6.08. The summed E-state index contributed by atoms with van der Waals surface area (Å²) in [6.07, 6.45) is 4.45. The number of nitrogens with zero attached hydrogens (tertiary/aromatic N) is 2. The van der Waals surface area contributed by atoms with Gasteiger partial charge in [0.05, 0.1) is 11.9 Å². The zero-order valence-electron chi connectivity index (χ0n) is 11.5. The van der Waals surface area contributed by atoms with Crippen molar-refractivity contribution >= 4 is 11.6 Å². The molecule has 106 valence electrons. The fourth-order valence-corrected chi connectivity index (χ4v) is 1.89. The highest BCUT2D eigenvalue weighted by molar-refractivity contribution is 6.31. The molecule has 0 radical (unpaired) electrons. The van der Waals surface area contributed by atoms with Crippen LogP contribution in [0.3, 0.4) is 0 Å². The number of halogens is 1. The number of benzene rings is 1. The van der Waals surface area contributed by atoms with Gasteiger partial charge in [-0.3, -0.25) is 4.98 Å². The van der Waals surface area contributed by atoms with Crippen LogP contribution in [0, 0.1) is 0 Å². The van der Waals surface area contributed by atoms with Crippen LogP contribution in [-0.2, 0) is 13.2 Å². The van der Waals surface area contributed by atoms with E-state index in [1.807, 2.05) is 24.3 Å². The first kappa shape index (κ1) is 14.8. The van der Waals surface area contributed by atoms with Crippen LogP contribution in [0.2, 0.25) is 5.02 Å². The molecule has 0 amide bonds. The Labute approximate surface area is 124 Å². The largest absolute Gasteiger partial charge is 0.472 e. The summed E-state index contributed by atoms with van der Waals surface area (Å²) in [5, 5.41) is 3.98. The van der Waals surface area contributed by atoms with E-state index in [9.17, 15) is 0 Å². The molecule has 1 aromatic heterocycles. The Hall–Kier alpha value is -1.65. The lowest BCUT2D eigenvalue weighted by molar-refractivity contribution is 0.291. The second-order valence-electron chi connectivity index (χ2n) is 4.41. The molecule has 20 heavy (non-hydrogen) atoms. The zero-order valence-corrected chi connectivity index (χ0v) is 12.2. The van der Waals surface area contributed by atoms with E-state index in [1.54, 1.807) is 12.4 Å². The van der Waals surface area contributed by atoms with Gasteiger partial charge in [-0.1, -0.05) is 36.7 Å². The van der Waals surface area contributed by atoms with Crippen LogP contribution in [0.4, 0.5) is 0 Å². The normalized spacial score (nSPS) is 10.5. The van der Waals surface area contributed by atoms with Crippen LogP contribution in [0.15, 0.2) is 36.7 Å². The molecule has 0 fully saturated rings. The van der Waals surface area contributed by atoms with E-state index in [-0.39, 0.29) is 0 Å². The Bertz CT molecular complexity index is 548. The summed E-state index contributed by atoms with van der Waals surface area (Å²) in [6.45, 7) is 4.18. The molecule has 4 nitrogen and oxygen atoms in total. The number of hydrogen-bond acceptors (Lipinski definition) is 4. The third kappa shape index (κ3) is 4.47. The van der Waals surface area contributed by atoms with E-state index in [1.165, 1.54) is 0 Å².